The molecule has 8 heteroatoms. The van der Waals surface area contributed by atoms with Gasteiger partial charge in [0.1, 0.15) is 11.4 Å². The number of fused-ring (bicyclic) bond motifs is 1. The molecule has 0 aliphatic carbocycles. The maximum Gasteiger partial charge on any atom is 0.289 e. The molecule has 0 saturated heterocycles. The molecule has 162 valence electrons. The van der Waals surface area contributed by atoms with Crippen molar-refractivity contribution in [3.63, 3.8) is 0 Å². The zero-order valence-corrected chi connectivity index (χ0v) is 17.9. The maximum atomic E-state index is 12.5. The van der Waals surface area contributed by atoms with Crippen LogP contribution in [0.25, 0.3) is 22.0 Å². The van der Waals surface area contributed by atoms with E-state index in [1.165, 1.54) is 13.3 Å². The molecule has 1 amide bonds. The van der Waals surface area contributed by atoms with Gasteiger partial charge in [-0.3, -0.25) is 9.89 Å². The summed E-state index contributed by atoms with van der Waals surface area (Å²) in [6, 6.07) is 19.2. The molecule has 0 fully saturated rings. The van der Waals surface area contributed by atoms with Gasteiger partial charge in [0, 0.05) is 17.2 Å². The number of hydrogen-bond donors (Lipinski definition) is 2. The monoisotopic (exact) mass is 430 g/mol. The highest BCUT2D eigenvalue weighted by Gasteiger charge is 2.12. The number of rotatable bonds is 7. The summed E-state index contributed by atoms with van der Waals surface area (Å²) in [6.45, 7) is 0. The molecular formula is C24H22N4O4. The zero-order valence-electron chi connectivity index (χ0n) is 17.9. The molecule has 1 heterocycles. The van der Waals surface area contributed by atoms with Crippen LogP contribution in [0.1, 0.15) is 16.1 Å². The highest BCUT2D eigenvalue weighted by molar-refractivity contribution is 5.95. The molecular weight excluding hydrogens is 408 g/mol. The number of carbonyl (C=O) groups is 1. The standard InChI is InChI=1S/C24H22N4O4/c1-30-21-13-23(32-3)22(31-2)11-18(21)14-25-28-24(29)20-12-19(26-27-20)17-9-8-15-6-4-5-7-16(15)10-17/h4-14H,1-3H3,(H,26,27)(H,28,29)/b25-14+. The van der Waals surface area contributed by atoms with Gasteiger partial charge in [0.2, 0.25) is 0 Å². The molecule has 0 unspecified atom stereocenters. The van der Waals surface area contributed by atoms with Crippen molar-refractivity contribution < 1.29 is 19.0 Å². The second kappa shape index (κ2) is 9.22. The Morgan fingerprint density at radius 1 is 0.906 bits per heavy atom. The number of hydrogen-bond acceptors (Lipinski definition) is 6. The van der Waals surface area contributed by atoms with E-state index in [9.17, 15) is 4.79 Å². The van der Waals surface area contributed by atoms with Crippen LogP contribution in [-0.2, 0) is 0 Å². The molecule has 0 atom stereocenters. The van der Waals surface area contributed by atoms with Gasteiger partial charge in [-0.2, -0.15) is 10.2 Å². The van der Waals surface area contributed by atoms with Crippen LogP contribution in [0, 0.1) is 0 Å². The predicted octanol–water partition coefficient (Wildman–Crippen LogP) is 4.02. The van der Waals surface area contributed by atoms with E-state index < -0.39 is 5.91 Å². The van der Waals surface area contributed by atoms with Gasteiger partial charge in [-0.1, -0.05) is 36.4 Å². The molecule has 0 spiro atoms. The van der Waals surface area contributed by atoms with Gasteiger partial charge >= 0.3 is 0 Å². The molecule has 3 aromatic carbocycles. The predicted molar refractivity (Wildman–Crippen MR) is 123 cm³/mol. The van der Waals surface area contributed by atoms with Crippen LogP contribution < -0.4 is 19.6 Å². The first-order valence-electron chi connectivity index (χ1n) is 9.81. The lowest BCUT2D eigenvalue weighted by molar-refractivity contribution is 0.0950. The Morgan fingerprint density at radius 3 is 2.38 bits per heavy atom. The van der Waals surface area contributed by atoms with Crippen LogP contribution in [0.15, 0.2) is 65.8 Å². The highest BCUT2D eigenvalue weighted by Crippen LogP contribution is 2.33. The van der Waals surface area contributed by atoms with Gasteiger partial charge in [-0.15, -0.1) is 0 Å². The van der Waals surface area contributed by atoms with Crippen molar-refractivity contribution in [1.82, 2.24) is 15.6 Å². The second-order valence-corrected chi connectivity index (χ2v) is 6.88. The lowest BCUT2D eigenvalue weighted by Gasteiger charge is -2.11. The molecule has 0 radical (unpaired) electrons. The van der Waals surface area contributed by atoms with Gasteiger partial charge < -0.3 is 14.2 Å². The molecule has 4 rings (SSSR count). The minimum absolute atomic E-state index is 0.296. The molecule has 1 aromatic heterocycles. The molecule has 0 bridgehead atoms. The number of hydrazone groups is 1. The van der Waals surface area contributed by atoms with Crippen molar-refractivity contribution in [2.24, 2.45) is 5.10 Å². The maximum absolute atomic E-state index is 12.5. The fourth-order valence-electron chi connectivity index (χ4n) is 3.31. The Hall–Kier alpha value is -4.33. The summed E-state index contributed by atoms with van der Waals surface area (Å²) in [5, 5.41) is 13.3. The van der Waals surface area contributed by atoms with Crippen molar-refractivity contribution in [1.29, 1.82) is 0 Å². The molecule has 8 nitrogen and oxygen atoms in total. The number of ether oxygens (including phenoxy) is 3. The molecule has 0 saturated carbocycles. The number of nitrogens with zero attached hydrogens (tertiary/aromatic N) is 2. The van der Waals surface area contributed by atoms with Crippen LogP contribution in [-0.4, -0.2) is 43.6 Å². The normalized spacial score (nSPS) is 11.0. The van der Waals surface area contributed by atoms with Crippen molar-refractivity contribution in [2.75, 3.05) is 21.3 Å². The Kier molecular flexibility index (Phi) is 6.03. The SMILES string of the molecule is COc1cc(OC)c(OC)cc1/C=N/NC(=O)c1cc(-c2ccc3ccccc3c2)n[nH]1. The Balaban J connectivity index is 1.49. The van der Waals surface area contributed by atoms with E-state index in [1.54, 1.807) is 32.4 Å². The van der Waals surface area contributed by atoms with Crippen molar-refractivity contribution >= 4 is 22.9 Å². The molecule has 0 aliphatic rings. The second-order valence-electron chi connectivity index (χ2n) is 6.88. The van der Waals surface area contributed by atoms with Crippen molar-refractivity contribution in [3.05, 3.63) is 71.9 Å². The number of carbonyl (C=O) groups excluding carboxylic acids is 1. The van der Waals surface area contributed by atoms with Gasteiger partial charge in [0.05, 0.1) is 33.2 Å². The third-order valence-electron chi connectivity index (χ3n) is 4.97. The number of aromatic amines is 1. The summed E-state index contributed by atoms with van der Waals surface area (Å²) in [4.78, 5) is 12.5. The summed E-state index contributed by atoms with van der Waals surface area (Å²) in [7, 11) is 4.62. The lowest BCUT2D eigenvalue weighted by Crippen LogP contribution is -2.18. The van der Waals surface area contributed by atoms with Gasteiger partial charge in [0.15, 0.2) is 11.5 Å². The average molecular weight is 430 g/mol. The molecule has 4 aromatic rings. The minimum atomic E-state index is -0.416. The molecule has 2 N–H and O–H groups in total. The van der Waals surface area contributed by atoms with E-state index in [-0.39, 0.29) is 0 Å². The summed E-state index contributed by atoms with van der Waals surface area (Å²) in [6.07, 6.45) is 1.47. The van der Waals surface area contributed by atoms with E-state index in [4.69, 9.17) is 14.2 Å². The summed E-state index contributed by atoms with van der Waals surface area (Å²) < 4.78 is 15.9. The Bertz CT molecular complexity index is 1300. The summed E-state index contributed by atoms with van der Waals surface area (Å²) in [5.41, 5.74) is 4.99. The fourth-order valence-corrected chi connectivity index (χ4v) is 3.31. The van der Waals surface area contributed by atoms with E-state index in [1.807, 2.05) is 42.5 Å². The first-order chi connectivity index (χ1) is 15.6. The van der Waals surface area contributed by atoms with Gasteiger partial charge in [-0.25, -0.2) is 5.43 Å². The number of H-pyrrole nitrogens is 1. The average Bonchev–Trinajstić information content (AvgIpc) is 3.33. The van der Waals surface area contributed by atoms with Crippen molar-refractivity contribution in [3.8, 4) is 28.5 Å². The van der Waals surface area contributed by atoms with Crippen LogP contribution in [0.5, 0.6) is 17.2 Å². The number of nitrogens with one attached hydrogen (secondary N) is 2. The summed E-state index contributed by atoms with van der Waals surface area (Å²) in [5.74, 6) is 1.17. The van der Waals surface area contributed by atoms with Crippen LogP contribution in [0.2, 0.25) is 0 Å². The van der Waals surface area contributed by atoms with Crippen molar-refractivity contribution in [2.45, 2.75) is 0 Å². The summed E-state index contributed by atoms with van der Waals surface area (Å²) >= 11 is 0. The topological polar surface area (TPSA) is 97.8 Å². The number of aromatic nitrogens is 2. The highest BCUT2D eigenvalue weighted by atomic mass is 16.5. The Morgan fingerprint density at radius 2 is 1.62 bits per heavy atom. The number of amides is 1. The third-order valence-corrected chi connectivity index (χ3v) is 4.97. The molecule has 32 heavy (non-hydrogen) atoms. The minimum Gasteiger partial charge on any atom is -0.496 e. The van der Waals surface area contributed by atoms with E-state index in [0.717, 1.165) is 16.3 Å². The van der Waals surface area contributed by atoms with Crippen LogP contribution in [0.3, 0.4) is 0 Å². The van der Waals surface area contributed by atoms with E-state index in [0.29, 0.717) is 34.2 Å². The largest absolute Gasteiger partial charge is 0.496 e. The smallest absolute Gasteiger partial charge is 0.289 e. The van der Waals surface area contributed by atoms with E-state index in [2.05, 4.69) is 20.7 Å². The van der Waals surface area contributed by atoms with E-state index >= 15 is 0 Å². The van der Waals surface area contributed by atoms with Crippen LogP contribution in [0.4, 0.5) is 0 Å². The first-order valence-corrected chi connectivity index (χ1v) is 9.81. The lowest BCUT2D eigenvalue weighted by atomic mass is 10.1. The fraction of sp³-hybridized carbons (Fsp3) is 0.125. The zero-order chi connectivity index (χ0) is 22.5. The Labute approximate surface area is 184 Å². The quantitative estimate of drug-likeness (QED) is 0.341. The number of benzene rings is 3. The first kappa shape index (κ1) is 20.9. The van der Waals surface area contributed by atoms with Gasteiger partial charge in [-0.05, 0) is 29.0 Å². The van der Waals surface area contributed by atoms with Crippen LogP contribution >= 0.6 is 0 Å². The molecule has 0 aliphatic heterocycles. The van der Waals surface area contributed by atoms with Gasteiger partial charge in [0.25, 0.3) is 5.91 Å². The third kappa shape index (κ3) is 4.24. The number of methoxy groups -OCH3 is 3.